The fourth-order valence-electron chi connectivity index (χ4n) is 2.70. The summed E-state index contributed by atoms with van der Waals surface area (Å²) in [4.78, 5) is 27.3. The van der Waals surface area contributed by atoms with E-state index in [1.165, 1.54) is 17.7 Å². The van der Waals surface area contributed by atoms with Crippen LogP contribution in [0.4, 0.5) is 0 Å². The highest BCUT2D eigenvalue weighted by Gasteiger charge is 2.29. The molecule has 1 amide bonds. The first-order valence-corrected chi connectivity index (χ1v) is 7.73. The Morgan fingerprint density at radius 1 is 1.15 bits per heavy atom. The Morgan fingerprint density at radius 2 is 1.70 bits per heavy atom. The average Bonchev–Trinajstić information content (AvgIpc) is 2.71. The molecule has 0 aromatic carbocycles. The summed E-state index contributed by atoms with van der Waals surface area (Å²) in [7, 11) is 0. The molecule has 1 aliphatic heterocycles. The van der Waals surface area contributed by atoms with Gasteiger partial charge in [0.25, 0.3) is 0 Å². The van der Waals surface area contributed by atoms with Crippen LogP contribution in [0.25, 0.3) is 0 Å². The molecule has 1 heterocycles. The molecule has 0 aromatic heterocycles. The van der Waals surface area contributed by atoms with Crippen molar-refractivity contribution < 1.29 is 14.7 Å². The van der Waals surface area contributed by atoms with Gasteiger partial charge in [-0.25, -0.2) is 0 Å². The number of nitrogens with zero attached hydrogens (tertiary/aromatic N) is 2. The van der Waals surface area contributed by atoms with Gasteiger partial charge in [0.2, 0.25) is 5.91 Å². The SMILES string of the molecule is CC[C@@H](C)N(CC(=O)O)C(=O)[C@H](C)N1CCCCCC1. The van der Waals surface area contributed by atoms with Crippen molar-refractivity contribution in [2.45, 2.75) is 65.0 Å². The summed E-state index contributed by atoms with van der Waals surface area (Å²) < 4.78 is 0. The number of carbonyl (C=O) groups excluding carboxylic acids is 1. The molecule has 1 fully saturated rings. The summed E-state index contributed by atoms with van der Waals surface area (Å²) in [6.45, 7) is 7.47. The quantitative estimate of drug-likeness (QED) is 0.810. The maximum atomic E-state index is 12.6. The molecule has 0 spiro atoms. The van der Waals surface area contributed by atoms with Crippen molar-refractivity contribution in [3.63, 3.8) is 0 Å². The molecule has 2 atom stereocenters. The van der Waals surface area contributed by atoms with Gasteiger partial charge in [-0.05, 0) is 46.2 Å². The lowest BCUT2D eigenvalue weighted by Gasteiger charge is -2.34. The van der Waals surface area contributed by atoms with Gasteiger partial charge >= 0.3 is 5.97 Å². The van der Waals surface area contributed by atoms with Crippen LogP contribution in [0.1, 0.15) is 52.9 Å². The van der Waals surface area contributed by atoms with E-state index in [4.69, 9.17) is 5.11 Å². The summed E-state index contributed by atoms with van der Waals surface area (Å²) in [5.74, 6) is -0.995. The zero-order valence-electron chi connectivity index (χ0n) is 13.0. The lowest BCUT2D eigenvalue weighted by Crippen LogP contribution is -2.51. The molecule has 1 N–H and O–H groups in total. The number of rotatable bonds is 6. The maximum absolute atomic E-state index is 12.6. The highest BCUT2D eigenvalue weighted by molar-refractivity contribution is 5.85. The number of hydrogen-bond acceptors (Lipinski definition) is 3. The van der Waals surface area contributed by atoms with Crippen LogP contribution in [-0.2, 0) is 9.59 Å². The third-order valence-corrected chi connectivity index (χ3v) is 4.26. The normalized spacial score (nSPS) is 19.9. The topological polar surface area (TPSA) is 60.9 Å². The van der Waals surface area contributed by atoms with Crippen LogP contribution in [0.15, 0.2) is 0 Å². The number of aliphatic carboxylic acids is 1. The van der Waals surface area contributed by atoms with Crippen LogP contribution in [0.5, 0.6) is 0 Å². The second kappa shape index (κ2) is 8.25. The molecule has 116 valence electrons. The Bertz CT molecular complexity index is 325. The highest BCUT2D eigenvalue weighted by Crippen LogP contribution is 2.15. The van der Waals surface area contributed by atoms with Gasteiger partial charge in [-0.2, -0.15) is 0 Å². The molecule has 0 unspecified atom stereocenters. The van der Waals surface area contributed by atoms with Crippen molar-refractivity contribution in [3.8, 4) is 0 Å². The molecule has 0 bridgehead atoms. The minimum Gasteiger partial charge on any atom is -0.480 e. The number of carboxylic acid groups (broad SMARTS) is 1. The van der Waals surface area contributed by atoms with Crippen LogP contribution in [-0.4, -0.2) is 58.5 Å². The maximum Gasteiger partial charge on any atom is 0.323 e. The van der Waals surface area contributed by atoms with Gasteiger partial charge in [-0.3, -0.25) is 14.5 Å². The second-order valence-corrected chi connectivity index (χ2v) is 5.74. The van der Waals surface area contributed by atoms with E-state index in [2.05, 4.69) is 4.90 Å². The summed E-state index contributed by atoms with van der Waals surface area (Å²) in [6.07, 6.45) is 5.47. The Morgan fingerprint density at radius 3 is 2.15 bits per heavy atom. The van der Waals surface area contributed by atoms with E-state index >= 15 is 0 Å². The number of amides is 1. The molecule has 1 saturated heterocycles. The predicted octanol–water partition coefficient (Wildman–Crippen LogP) is 1.96. The number of carboxylic acids is 1. The number of hydrogen-bond donors (Lipinski definition) is 1. The molecule has 5 nitrogen and oxygen atoms in total. The van der Waals surface area contributed by atoms with E-state index in [0.717, 1.165) is 32.4 Å². The first kappa shape index (κ1) is 17.0. The summed E-state index contributed by atoms with van der Waals surface area (Å²) in [5.41, 5.74) is 0. The average molecular weight is 284 g/mol. The molecule has 1 aliphatic rings. The number of carbonyl (C=O) groups is 2. The largest absolute Gasteiger partial charge is 0.480 e. The molecule has 5 heteroatoms. The van der Waals surface area contributed by atoms with E-state index in [0.29, 0.717) is 0 Å². The van der Waals surface area contributed by atoms with Gasteiger partial charge in [-0.1, -0.05) is 19.8 Å². The molecular formula is C15H28N2O3. The Balaban J connectivity index is 2.73. The molecule has 0 radical (unpaired) electrons. The van der Waals surface area contributed by atoms with Gasteiger partial charge in [0.1, 0.15) is 6.54 Å². The van der Waals surface area contributed by atoms with Crippen LogP contribution in [0, 0.1) is 0 Å². The third kappa shape index (κ3) is 4.78. The van der Waals surface area contributed by atoms with E-state index in [1.54, 1.807) is 0 Å². The zero-order chi connectivity index (χ0) is 15.1. The smallest absolute Gasteiger partial charge is 0.323 e. The minimum absolute atomic E-state index is 0.0342. The van der Waals surface area contributed by atoms with Crippen molar-refractivity contribution >= 4 is 11.9 Å². The lowest BCUT2D eigenvalue weighted by molar-refractivity contribution is -0.148. The van der Waals surface area contributed by atoms with Gasteiger partial charge in [0, 0.05) is 6.04 Å². The molecule has 1 rings (SSSR count). The Labute approximate surface area is 121 Å². The predicted molar refractivity (Wildman–Crippen MR) is 78.6 cm³/mol. The van der Waals surface area contributed by atoms with Crippen molar-refractivity contribution in [2.75, 3.05) is 19.6 Å². The van der Waals surface area contributed by atoms with Crippen LogP contribution < -0.4 is 0 Å². The standard InChI is InChI=1S/C15H28N2O3/c1-4-12(2)17(11-14(18)19)15(20)13(3)16-9-7-5-6-8-10-16/h12-13H,4-11H2,1-3H3,(H,18,19)/t12-,13+/m1/s1. The minimum atomic E-state index is -0.943. The molecular weight excluding hydrogens is 256 g/mol. The van der Waals surface area contributed by atoms with Crippen LogP contribution in [0.2, 0.25) is 0 Å². The third-order valence-electron chi connectivity index (χ3n) is 4.26. The van der Waals surface area contributed by atoms with Crippen LogP contribution in [0.3, 0.4) is 0 Å². The molecule has 0 aliphatic carbocycles. The van der Waals surface area contributed by atoms with E-state index in [-0.39, 0.29) is 24.5 Å². The zero-order valence-corrected chi connectivity index (χ0v) is 13.0. The molecule has 0 saturated carbocycles. The molecule has 20 heavy (non-hydrogen) atoms. The van der Waals surface area contributed by atoms with Gasteiger partial charge in [0.15, 0.2) is 0 Å². The van der Waals surface area contributed by atoms with E-state index in [9.17, 15) is 9.59 Å². The lowest BCUT2D eigenvalue weighted by atomic mass is 10.1. The highest BCUT2D eigenvalue weighted by atomic mass is 16.4. The van der Waals surface area contributed by atoms with Crippen molar-refractivity contribution in [1.82, 2.24) is 9.80 Å². The Hall–Kier alpha value is -1.10. The summed E-state index contributed by atoms with van der Waals surface area (Å²) in [5, 5.41) is 9.01. The fourth-order valence-corrected chi connectivity index (χ4v) is 2.70. The van der Waals surface area contributed by atoms with Gasteiger partial charge in [0.05, 0.1) is 6.04 Å². The van der Waals surface area contributed by atoms with E-state index < -0.39 is 5.97 Å². The van der Waals surface area contributed by atoms with E-state index in [1.807, 2.05) is 20.8 Å². The van der Waals surface area contributed by atoms with Gasteiger partial charge < -0.3 is 10.0 Å². The summed E-state index contributed by atoms with van der Waals surface area (Å²) >= 11 is 0. The van der Waals surface area contributed by atoms with Gasteiger partial charge in [-0.15, -0.1) is 0 Å². The van der Waals surface area contributed by atoms with Crippen molar-refractivity contribution in [1.29, 1.82) is 0 Å². The number of likely N-dealkylation sites (tertiary alicyclic amines) is 1. The Kier molecular flexibility index (Phi) is 6.99. The molecule has 0 aromatic rings. The summed E-state index contributed by atoms with van der Waals surface area (Å²) in [6, 6.07) is -0.255. The van der Waals surface area contributed by atoms with Crippen molar-refractivity contribution in [3.05, 3.63) is 0 Å². The second-order valence-electron chi connectivity index (χ2n) is 5.74. The monoisotopic (exact) mass is 284 g/mol. The fraction of sp³-hybridized carbons (Fsp3) is 0.867. The van der Waals surface area contributed by atoms with Crippen molar-refractivity contribution in [2.24, 2.45) is 0 Å². The van der Waals surface area contributed by atoms with Crippen LogP contribution >= 0.6 is 0 Å². The first-order chi connectivity index (χ1) is 9.47. The first-order valence-electron chi connectivity index (χ1n) is 7.73.